The third-order valence-electron chi connectivity index (χ3n) is 7.99. The standard InChI is InChI=1S/C34H18O4P2/c1-3-13-27-21(7-1)35-23-9-5-11-25-33(23)39(27)29-17-15-20-19(31(29)37-25)16-18-30-32(20)38-26-12-6-10-24-34(26)40(30)28-14-4-2-8-22(28)36-24/h1-18H. The van der Waals surface area contributed by atoms with Crippen molar-refractivity contribution in [2.45, 2.75) is 0 Å². The molecule has 4 heterocycles. The van der Waals surface area contributed by atoms with Crippen LogP contribution in [0.4, 0.5) is 0 Å². The Balaban J connectivity index is 1.38. The van der Waals surface area contributed by atoms with Crippen molar-refractivity contribution < 1.29 is 18.3 Å². The summed E-state index contributed by atoms with van der Waals surface area (Å²) in [6.07, 6.45) is 0. The highest BCUT2D eigenvalue weighted by atomic mass is 31.1. The van der Waals surface area contributed by atoms with Gasteiger partial charge in [-0.1, -0.05) is 51.5 Å². The summed E-state index contributed by atoms with van der Waals surface area (Å²) < 4.78 is 26.1. The van der Waals surface area contributed by atoms with E-state index in [4.69, 9.17) is 18.3 Å². The Bertz CT molecular complexity index is 2280. The Morgan fingerprint density at radius 2 is 0.850 bits per heavy atom. The Kier molecular flexibility index (Phi) is 3.99. The molecule has 0 N–H and O–H groups in total. The molecule has 0 fully saturated rings. The van der Waals surface area contributed by atoms with Crippen LogP contribution in [0.2, 0.25) is 0 Å². The van der Waals surface area contributed by atoms with Gasteiger partial charge in [-0.2, -0.15) is 0 Å². The molecule has 40 heavy (non-hydrogen) atoms. The van der Waals surface area contributed by atoms with E-state index in [2.05, 4.69) is 72.8 Å². The molecule has 6 aromatic carbocycles. The van der Waals surface area contributed by atoms with Gasteiger partial charge in [-0.05, 0) is 72.8 Å². The van der Waals surface area contributed by atoms with Gasteiger partial charge in [0, 0.05) is 31.6 Å². The second-order valence-corrected chi connectivity index (χ2v) is 14.3. The van der Waals surface area contributed by atoms with Crippen molar-refractivity contribution in [3.8, 4) is 33.6 Å². The van der Waals surface area contributed by atoms with E-state index in [1.807, 2.05) is 36.4 Å². The van der Waals surface area contributed by atoms with Gasteiger partial charge < -0.3 is 18.3 Å². The Morgan fingerprint density at radius 1 is 0.400 bits per heavy atom. The molecule has 0 saturated carbocycles. The van der Waals surface area contributed by atoms with Crippen LogP contribution in [0.15, 0.2) is 118 Å². The van der Waals surface area contributed by atoms with Crippen LogP contribution >= 0.6 is 15.1 Å². The summed E-state index contributed by atoms with van der Waals surface area (Å²) in [5.74, 6) is 3.62. The average Bonchev–Trinajstić information content (AvgIpc) is 3.00. The van der Waals surface area contributed by atoms with Gasteiger partial charge in [0.1, 0.15) is 45.3 Å². The number of fused-ring (bicyclic) bond motifs is 11. The van der Waals surface area contributed by atoms with Crippen LogP contribution in [0, 0.1) is 0 Å². The van der Waals surface area contributed by atoms with Crippen molar-refractivity contribution in [2.24, 2.45) is 0 Å². The molecule has 188 valence electrons. The summed E-state index contributed by atoms with van der Waals surface area (Å²) in [4.78, 5) is 0. The van der Waals surface area contributed by atoms with Gasteiger partial charge in [0.15, 0.2) is 0 Å². The maximum absolute atomic E-state index is 6.72. The van der Waals surface area contributed by atoms with E-state index in [1.54, 1.807) is 0 Å². The quantitative estimate of drug-likeness (QED) is 0.139. The number of benzene rings is 6. The minimum Gasteiger partial charge on any atom is -0.455 e. The first-order valence-electron chi connectivity index (χ1n) is 13.2. The van der Waals surface area contributed by atoms with Crippen molar-refractivity contribution in [2.75, 3.05) is 0 Å². The summed E-state index contributed by atoms with van der Waals surface area (Å²) >= 11 is 0. The molecule has 0 spiro atoms. The van der Waals surface area contributed by atoms with Gasteiger partial charge >= 0.3 is 0 Å². The summed E-state index contributed by atoms with van der Waals surface area (Å²) in [6, 6.07) is 37.9. The molecule has 8 aromatic rings. The first-order chi connectivity index (χ1) is 19.8. The van der Waals surface area contributed by atoms with E-state index in [-0.39, 0.29) is 0 Å². The largest absolute Gasteiger partial charge is 0.455 e. The molecule has 2 aliphatic rings. The molecule has 2 aromatic heterocycles. The Morgan fingerprint density at radius 3 is 1.35 bits per heavy atom. The molecule has 0 saturated heterocycles. The maximum Gasteiger partial charge on any atom is 0.146 e. The molecule has 2 unspecified atom stereocenters. The Hall–Kier alpha value is -4.62. The zero-order valence-corrected chi connectivity index (χ0v) is 22.7. The van der Waals surface area contributed by atoms with Crippen LogP contribution < -0.4 is 9.47 Å². The fourth-order valence-electron chi connectivity index (χ4n) is 6.32. The number of hydrogen-bond donors (Lipinski definition) is 0. The molecule has 6 heteroatoms. The number of hydrogen-bond acceptors (Lipinski definition) is 4. The fourth-order valence-corrected chi connectivity index (χ4v) is 11.5. The number of para-hydroxylation sites is 2. The lowest BCUT2D eigenvalue weighted by Gasteiger charge is -2.24. The van der Waals surface area contributed by atoms with E-state index >= 15 is 0 Å². The molecule has 4 nitrogen and oxygen atoms in total. The van der Waals surface area contributed by atoms with Crippen LogP contribution in [-0.2, 0) is 0 Å². The van der Waals surface area contributed by atoms with E-state index in [0.717, 1.165) is 66.3 Å². The maximum atomic E-state index is 6.72. The summed E-state index contributed by atoms with van der Waals surface area (Å²) in [5.41, 5.74) is 3.57. The van der Waals surface area contributed by atoms with Crippen molar-refractivity contribution >= 4 is 68.6 Å². The average molecular weight is 552 g/mol. The van der Waals surface area contributed by atoms with Crippen LogP contribution in [0.25, 0.3) is 64.2 Å². The monoisotopic (exact) mass is 552 g/mol. The normalized spacial score (nSPS) is 13.8. The lowest BCUT2D eigenvalue weighted by Crippen LogP contribution is -1.93. The topological polar surface area (TPSA) is 44.7 Å². The predicted octanol–water partition coefficient (Wildman–Crippen LogP) is 11.9. The predicted molar refractivity (Wildman–Crippen MR) is 164 cm³/mol. The molecular formula is C34H18O4P2. The number of ether oxygens (including phenoxy) is 2. The first-order valence-corrected chi connectivity index (χ1v) is 15.9. The zero-order valence-electron chi connectivity index (χ0n) is 20.9. The number of rotatable bonds is 0. The molecule has 0 radical (unpaired) electrons. The van der Waals surface area contributed by atoms with Gasteiger partial charge in [-0.3, -0.25) is 0 Å². The minimum absolute atomic E-state index is 0.823. The van der Waals surface area contributed by atoms with Crippen LogP contribution in [0.3, 0.4) is 0 Å². The van der Waals surface area contributed by atoms with E-state index in [1.165, 1.54) is 20.8 Å². The van der Waals surface area contributed by atoms with Gasteiger partial charge in [-0.15, -0.1) is 0 Å². The summed E-state index contributed by atoms with van der Waals surface area (Å²) in [6.45, 7) is 0. The van der Waals surface area contributed by atoms with E-state index in [9.17, 15) is 0 Å². The molecular weight excluding hydrogens is 534 g/mol. The van der Waals surface area contributed by atoms with Gasteiger partial charge in [0.2, 0.25) is 0 Å². The fraction of sp³-hybridized carbons (Fsp3) is 0. The van der Waals surface area contributed by atoms with Gasteiger partial charge in [0.25, 0.3) is 0 Å². The molecule has 0 bridgehead atoms. The smallest absolute Gasteiger partial charge is 0.146 e. The van der Waals surface area contributed by atoms with Crippen LogP contribution in [0.5, 0.6) is 23.0 Å². The molecule has 2 atom stereocenters. The third kappa shape index (κ3) is 2.63. The highest BCUT2D eigenvalue weighted by Crippen LogP contribution is 2.64. The zero-order chi connectivity index (χ0) is 25.9. The molecule has 0 aliphatic carbocycles. The second-order valence-electron chi connectivity index (χ2n) is 10.1. The highest BCUT2D eigenvalue weighted by molar-refractivity contribution is 7.68. The molecule has 2 aliphatic heterocycles. The SMILES string of the molecule is c1ccc2c(c1)Oc1cccc3oc4c5ccc6c(oc7cccc8c7p6-c6ccccc6O8)c5ccc4p-2c13. The van der Waals surface area contributed by atoms with Crippen molar-refractivity contribution in [1.82, 2.24) is 0 Å². The molecule has 10 rings (SSSR count). The van der Waals surface area contributed by atoms with Crippen molar-refractivity contribution in [1.29, 1.82) is 0 Å². The Labute approximate surface area is 229 Å². The van der Waals surface area contributed by atoms with Gasteiger partial charge in [-0.25, -0.2) is 0 Å². The van der Waals surface area contributed by atoms with Crippen LogP contribution in [-0.4, -0.2) is 0 Å². The third-order valence-corrected chi connectivity index (χ3v) is 13.1. The van der Waals surface area contributed by atoms with Crippen molar-refractivity contribution in [3.05, 3.63) is 109 Å². The summed E-state index contributed by atoms with van der Waals surface area (Å²) in [5, 5.41) is 9.29. The van der Waals surface area contributed by atoms with Crippen molar-refractivity contribution in [3.63, 3.8) is 0 Å². The summed E-state index contributed by atoms with van der Waals surface area (Å²) in [7, 11) is -1.65. The van der Waals surface area contributed by atoms with E-state index in [0.29, 0.717) is 0 Å². The van der Waals surface area contributed by atoms with E-state index < -0.39 is 15.1 Å². The van der Waals surface area contributed by atoms with Gasteiger partial charge in [0.05, 0.1) is 10.2 Å². The first kappa shape index (κ1) is 21.2. The highest BCUT2D eigenvalue weighted by Gasteiger charge is 2.26. The lowest BCUT2D eigenvalue weighted by molar-refractivity contribution is 0.489. The second kappa shape index (κ2) is 7.52. The minimum atomic E-state index is -0.823. The van der Waals surface area contributed by atoms with Crippen LogP contribution in [0.1, 0.15) is 0 Å². The lowest BCUT2D eigenvalue weighted by atomic mass is 10.1. The molecule has 0 amide bonds.